The van der Waals surface area contributed by atoms with Crippen LogP contribution in [0, 0.1) is 5.41 Å². The van der Waals surface area contributed by atoms with Crippen molar-refractivity contribution in [3.05, 3.63) is 34.3 Å². The Morgan fingerprint density at radius 3 is 2.55 bits per heavy atom. The fourth-order valence-electron chi connectivity index (χ4n) is 3.09. The molecule has 0 aromatic heterocycles. The Balaban J connectivity index is 1.68. The molecule has 0 aliphatic carbocycles. The molecule has 2 amide bonds. The summed E-state index contributed by atoms with van der Waals surface area (Å²) in [6, 6.07) is 7.51. The predicted molar refractivity (Wildman–Crippen MR) is 79.3 cm³/mol. The number of hydrogen-bond donors (Lipinski definition) is 1. The lowest BCUT2D eigenvalue weighted by molar-refractivity contribution is -0.119. The standard InChI is InChI=1S/C15H17BrN2O2/c16-12-4-2-1-3-11(12)14(20)18-7-5-15(6-8-18)9-13(19)17-10-15/h1-4H,5-10H2,(H,17,19). The number of amides is 2. The Morgan fingerprint density at radius 1 is 1.25 bits per heavy atom. The second-order valence-electron chi connectivity index (χ2n) is 5.73. The smallest absolute Gasteiger partial charge is 0.254 e. The van der Waals surface area contributed by atoms with Crippen LogP contribution < -0.4 is 5.32 Å². The van der Waals surface area contributed by atoms with E-state index in [4.69, 9.17) is 0 Å². The molecule has 1 spiro atoms. The van der Waals surface area contributed by atoms with Crippen molar-refractivity contribution in [3.8, 4) is 0 Å². The zero-order chi connectivity index (χ0) is 14.2. The van der Waals surface area contributed by atoms with Gasteiger partial charge in [0.15, 0.2) is 0 Å². The van der Waals surface area contributed by atoms with Gasteiger partial charge in [-0.1, -0.05) is 12.1 Å². The number of nitrogens with one attached hydrogen (secondary N) is 1. The molecule has 3 rings (SSSR count). The summed E-state index contributed by atoms with van der Waals surface area (Å²) in [6.45, 7) is 2.23. The maximum atomic E-state index is 12.5. The zero-order valence-electron chi connectivity index (χ0n) is 11.2. The lowest BCUT2D eigenvalue weighted by Crippen LogP contribution is -2.44. The SMILES string of the molecule is O=C1CC2(CCN(C(=O)c3ccccc3Br)CC2)CN1. The maximum Gasteiger partial charge on any atom is 0.254 e. The van der Waals surface area contributed by atoms with Gasteiger partial charge in [-0.3, -0.25) is 9.59 Å². The molecule has 0 bridgehead atoms. The molecule has 2 heterocycles. The van der Waals surface area contributed by atoms with Gasteiger partial charge in [-0.05, 0) is 46.3 Å². The molecule has 1 N–H and O–H groups in total. The summed E-state index contributed by atoms with van der Waals surface area (Å²) in [4.78, 5) is 25.8. The molecule has 2 aliphatic heterocycles. The summed E-state index contributed by atoms with van der Waals surface area (Å²) in [5.41, 5.74) is 0.797. The summed E-state index contributed by atoms with van der Waals surface area (Å²) in [6.07, 6.45) is 2.42. The maximum absolute atomic E-state index is 12.5. The van der Waals surface area contributed by atoms with Gasteiger partial charge in [-0.15, -0.1) is 0 Å². The normalized spacial score (nSPS) is 21.1. The molecule has 1 aromatic rings. The molecular weight excluding hydrogens is 320 g/mol. The van der Waals surface area contributed by atoms with E-state index in [1.807, 2.05) is 29.2 Å². The van der Waals surface area contributed by atoms with Crippen molar-refractivity contribution in [1.82, 2.24) is 10.2 Å². The Hall–Kier alpha value is -1.36. The summed E-state index contributed by atoms with van der Waals surface area (Å²) < 4.78 is 0.836. The molecule has 2 aliphatic rings. The fourth-order valence-corrected chi connectivity index (χ4v) is 3.55. The zero-order valence-corrected chi connectivity index (χ0v) is 12.8. The minimum Gasteiger partial charge on any atom is -0.356 e. The second-order valence-corrected chi connectivity index (χ2v) is 6.58. The number of halogens is 1. The van der Waals surface area contributed by atoms with Crippen molar-refractivity contribution in [2.75, 3.05) is 19.6 Å². The van der Waals surface area contributed by atoms with Crippen LogP contribution in [-0.4, -0.2) is 36.3 Å². The average Bonchev–Trinajstić information content (AvgIpc) is 2.81. The Bertz CT molecular complexity index is 551. The summed E-state index contributed by atoms with van der Waals surface area (Å²) in [5.74, 6) is 0.222. The van der Waals surface area contributed by atoms with Crippen molar-refractivity contribution in [2.45, 2.75) is 19.3 Å². The van der Waals surface area contributed by atoms with Crippen LogP contribution in [0.4, 0.5) is 0 Å². The molecule has 20 heavy (non-hydrogen) atoms. The molecule has 1 aromatic carbocycles. The highest BCUT2D eigenvalue weighted by Crippen LogP contribution is 2.37. The molecule has 2 saturated heterocycles. The van der Waals surface area contributed by atoms with Crippen LogP contribution in [0.2, 0.25) is 0 Å². The van der Waals surface area contributed by atoms with E-state index in [-0.39, 0.29) is 17.2 Å². The van der Waals surface area contributed by atoms with Gasteiger partial charge in [0, 0.05) is 30.5 Å². The van der Waals surface area contributed by atoms with Gasteiger partial charge in [-0.25, -0.2) is 0 Å². The number of rotatable bonds is 1. The van der Waals surface area contributed by atoms with Crippen molar-refractivity contribution in [1.29, 1.82) is 0 Å². The van der Waals surface area contributed by atoms with Gasteiger partial charge in [0.05, 0.1) is 5.56 Å². The van der Waals surface area contributed by atoms with Crippen molar-refractivity contribution in [3.63, 3.8) is 0 Å². The van der Waals surface area contributed by atoms with Crippen LogP contribution in [0.3, 0.4) is 0 Å². The Labute approximate surface area is 126 Å². The van der Waals surface area contributed by atoms with Crippen LogP contribution in [0.15, 0.2) is 28.7 Å². The van der Waals surface area contributed by atoms with Crippen molar-refractivity contribution < 1.29 is 9.59 Å². The monoisotopic (exact) mass is 336 g/mol. The van der Waals surface area contributed by atoms with Gasteiger partial charge >= 0.3 is 0 Å². The number of piperidine rings is 1. The molecule has 0 saturated carbocycles. The molecule has 2 fully saturated rings. The summed E-state index contributed by atoms with van der Waals surface area (Å²) >= 11 is 3.43. The third-order valence-electron chi connectivity index (χ3n) is 4.41. The topological polar surface area (TPSA) is 49.4 Å². The summed E-state index contributed by atoms with van der Waals surface area (Å²) in [5, 5.41) is 2.92. The van der Waals surface area contributed by atoms with Crippen LogP contribution in [0.5, 0.6) is 0 Å². The number of likely N-dealkylation sites (tertiary alicyclic amines) is 1. The number of hydrogen-bond acceptors (Lipinski definition) is 2. The van der Waals surface area contributed by atoms with E-state index in [0.717, 1.165) is 36.9 Å². The molecule has 0 unspecified atom stereocenters. The van der Waals surface area contributed by atoms with Crippen LogP contribution in [0.1, 0.15) is 29.6 Å². The summed E-state index contributed by atoms with van der Waals surface area (Å²) in [7, 11) is 0. The molecule has 5 heteroatoms. The second kappa shape index (κ2) is 5.20. The molecule has 0 radical (unpaired) electrons. The van der Waals surface area contributed by atoms with E-state index in [1.54, 1.807) is 0 Å². The van der Waals surface area contributed by atoms with Gasteiger partial charge in [0.1, 0.15) is 0 Å². The first kappa shape index (κ1) is 13.6. The minimum absolute atomic E-state index is 0.0737. The average molecular weight is 337 g/mol. The lowest BCUT2D eigenvalue weighted by Gasteiger charge is -2.38. The first-order valence-corrected chi connectivity index (χ1v) is 7.69. The van der Waals surface area contributed by atoms with Gasteiger partial charge in [-0.2, -0.15) is 0 Å². The van der Waals surface area contributed by atoms with E-state index in [1.165, 1.54) is 0 Å². The van der Waals surface area contributed by atoms with E-state index in [2.05, 4.69) is 21.2 Å². The lowest BCUT2D eigenvalue weighted by atomic mass is 9.77. The quantitative estimate of drug-likeness (QED) is 0.854. The Kier molecular flexibility index (Phi) is 3.54. The highest BCUT2D eigenvalue weighted by molar-refractivity contribution is 9.10. The van der Waals surface area contributed by atoms with Crippen molar-refractivity contribution >= 4 is 27.7 Å². The first-order chi connectivity index (χ1) is 9.60. The largest absolute Gasteiger partial charge is 0.356 e. The molecule has 106 valence electrons. The van der Waals surface area contributed by atoms with E-state index >= 15 is 0 Å². The van der Waals surface area contributed by atoms with Crippen LogP contribution >= 0.6 is 15.9 Å². The van der Waals surface area contributed by atoms with E-state index < -0.39 is 0 Å². The third-order valence-corrected chi connectivity index (χ3v) is 5.10. The van der Waals surface area contributed by atoms with Gasteiger partial charge in [0.25, 0.3) is 5.91 Å². The molecule has 4 nitrogen and oxygen atoms in total. The first-order valence-electron chi connectivity index (χ1n) is 6.90. The fraction of sp³-hybridized carbons (Fsp3) is 0.467. The number of carbonyl (C=O) groups excluding carboxylic acids is 2. The predicted octanol–water partition coefficient (Wildman–Crippen LogP) is 2.19. The van der Waals surface area contributed by atoms with E-state index in [9.17, 15) is 9.59 Å². The van der Waals surface area contributed by atoms with Crippen molar-refractivity contribution in [2.24, 2.45) is 5.41 Å². The van der Waals surface area contributed by atoms with Crippen LogP contribution in [0.25, 0.3) is 0 Å². The Morgan fingerprint density at radius 2 is 1.95 bits per heavy atom. The highest BCUT2D eigenvalue weighted by atomic mass is 79.9. The van der Waals surface area contributed by atoms with Gasteiger partial charge in [0.2, 0.25) is 5.91 Å². The molecule has 0 atom stereocenters. The van der Waals surface area contributed by atoms with Crippen LogP contribution in [-0.2, 0) is 4.79 Å². The van der Waals surface area contributed by atoms with Gasteiger partial charge < -0.3 is 10.2 Å². The number of carbonyl (C=O) groups is 2. The minimum atomic E-state index is 0.0737. The molecular formula is C15H17BrN2O2. The highest BCUT2D eigenvalue weighted by Gasteiger charge is 2.41. The third kappa shape index (κ3) is 2.46. The van der Waals surface area contributed by atoms with E-state index in [0.29, 0.717) is 12.0 Å². The number of nitrogens with zero attached hydrogens (tertiary/aromatic N) is 1. The number of benzene rings is 1.